The van der Waals surface area contributed by atoms with Crippen LogP contribution in [0.1, 0.15) is 57.8 Å². The van der Waals surface area contributed by atoms with Gasteiger partial charge in [0.2, 0.25) is 0 Å². The number of hydrogen-bond acceptors (Lipinski definition) is 4. The number of halogens is 2. The van der Waals surface area contributed by atoms with Crippen molar-refractivity contribution in [2.45, 2.75) is 69.9 Å². The number of carbonyl (C=O) groups excluding carboxylic acids is 1. The van der Waals surface area contributed by atoms with Crippen LogP contribution >= 0.6 is 0 Å². The van der Waals surface area contributed by atoms with Crippen molar-refractivity contribution in [1.29, 1.82) is 0 Å². The van der Waals surface area contributed by atoms with Crippen molar-refractivity contribution in [3.8, 4) is 5.75 Å². The van der Waals surface area contributed by atoms with Crippen LogP contribution in [0.5, 0.6) is 5.75 Å². The molecule has 0 spiro atoms. The van der Waals surface area contributed by atoms with Crippen LogP contribution in [0.3, 0.4) is 0 Å². The molecule has 0 bridgehead atoms. The second-order valence-corrected chi connectivity index (χ2v) is 8.47. The predicted molar refractivity (Wildman–Crippen MR) is 112 cm³/mol. The highest BCUT2D eigenvalue weighted by molar-refractivity contribution is 5.70. The van der Waals surface area contributed by atoms with E-state index in [1.165, 1.54) is 51.4 Å². The van der Waals surface area contributed by atoms with E-state index >= 15 is 0 Å². The molecule has 168 valence electrons. The minimum atomic E-state index is -1.03. The summed E-state index contributed by atoms with van der Waals surface area (Å²) in [4.78, 5) is 16.4. The molecule has 3 rings (SSSR count). The Hall–Kier alpha value is -1.73. The van der Waals surface area contributed by atoms with Crippen molar-refractivity contribution in [2.75, 3.05) is 33.3 Å². The first-order valence-corrected chi connectivity index (χ1v) is 11.3. The van der Waals surface area contributed by atoms with E-state index in [0.29, 0.717) is 0 Å². The average molecular weight is 425 g/mol. The quantitative estimate of drug-likeness (QED) is 0.552. The van der Waals surface area contributed by atoms with Gasteiger partial charge in [-0.05, 0) is 83.1 Å². The molecule has 2 aliphatic rings. The summed E-state index contributed by atoms with van der Waals surface area (Å²) in [5, 5.41) is 0. The van der Waals surface area contributed by atoms with Gasteiger partial charge in [0.05, 0.1) is 6.10 Å². The van der Waals surface area contributed by atoms with E-state index < -0.39 is 17.7 Å². The predicted octanol–water partition coefficient (Wildman–Crippen LogP) is 4.99. The highest BCUT2D eigenvalue weighted by Crippen LogP contribution is 2.26. The van der Waals surface area contributed by atoms with Crippen LogP contribution < -0.4 is 4.74 Å². The van der Waals surface area contributed by atoms with Crippen LogP contribution in [0.2, 0.25) is 0 Å². The Morgan fingerprint density at radius 3 is 2.50 bits per heavy atom. The topological polar surface area (TPSA) is 42.0 Å². The van der Waals surface area contributed by atoms with Gasteiger partial charge >= 0.3 is 6.09 Å². The largest absolute Gasteiger partial charge is 0.415 e. The Morgan fingerprint density at radius 1 is 1.07 bits per heavy atom. The molecule has 0 atom stereocenters. The smallest absolute Gasteiger partial charge is 0.410 e. The van der Waals surface area contributed by atoms with E-state index in [1.807, 2.05) is 0 Å². The molecule has 0 radical (unpaired) electrons. The van der Waals surface area contributed by atoms with Gasteiger partial charge in [-0.1, -0.05) is 6.42 Å². The number of nitrogens with zero attached hydrogens (tertiary/aromatic N) is 2. The number of unbranched alkanes of at least 4 members (excludes halogenated alkanes) is 1. The molecule has 2 fully saturated rings. The molecule has 30 heavy (non-hydrogen) atoms. The first-order chi connectivity index (χ1) is 14.5. The zero-order chi connectivity index (χ0) is 21.3. The van der Waals surface area contributed by atoms with E-state index in [1.54, 1.807) is 11.9 Å². The molecule has 1 aromatic rings. The fourth-order valence-corrected chi connectivity index (χ4v) is 4.33. The van der Waals surface area contributed by atoms with Crippen LogP contribution in [0.15, 0.2) is 18.2 Å². The number of likely N-dealkylation sites (tertiary alicyclic amines) is 1. The normalized spacial score (nSPS) is 22.6. The number of carbonyl (C=O) groups is 1. The molecule has 1 aliphatic heterocycles. The minimum absolute atomic E-state index is 0.00678. The molecule has 1 aliphatic carbocycles. The SMILES string of the molecule is CN(C(=O)Oc1ccc(F)c(F)c1)[C@H]1CC[C@H](OCCCCN2CCCCC2)CC1. The Kier molecular flexibility index (Phi) is 8.88. The van der Waals surface area contributed by atoms with Crippen LogP contribution in [0.25, 0.3) is 0 Å². The molecule has 1 heterocycles. The first-order valence-electron chi connectivity index (χ1n) is 11.3. The van der Waals surface area contributed by atoms with Gasteiger partial charge in [-0.2, -0.15) is 0 Å². The summed E-state index contributed by atoms with van der Waals surface area (Å²) in [6.07, 6.45) is 9.56. The van der Waals surface area contributed by atoms with E-state index in [9.17, 15) is 13.6 Å². The Labute approximate surface area is 178 Å². The third kappa shape index (κ3) is 6.91. The first kappa shape index (κ1) is 22.9. The number of rotatable bonds is 8. The van der Waals surface area contributed by atoms with Crippen molar-refractivity contribution in [3.05, 3.63) is 29.8 Å². The monoisotopic (exact) mass is 424 g/mol. The molecule has 5 nitrogen and oxygen atoms in total. The van der Waals surface area contributed by atoms with Crippen LogP contribution in [0.4, 0.5) is 13.6 Å². The molecular weight excluding hydrogens is 390 g/mol. The van der Waals surface area contributed by atoms with E-state index in [0.717, 1.165) is 50.8 Å². The number of piperidine rings is 1. The number of hydrogen-bond donors (Lipinski definition) is 0. The highest BCUT2D eigenvalue weighted by Gasteiger charge is 2.28. The van der Waals surface area contributed by atoms with E-state index in [4.69, 9.17) is 9.47 Å². The molecule has 1 aromatic carbocycles. The Morgan fingerprint density at radius 2 is 1.80 bits per heavy atom. The van der Waals surface area contributed by atoms with Gasteiger partial charge in [0, 0.05) is 25.8 Å². The van der Waals surface area contributed by atoms with Crippen molar-refractivity contribution in [1.82, 2.24) is 9.80 Å². The maximum Gasteiger partial charge on any atom is 0.415 e. The Balaban J connectivity index is 1.30. The second kappa shape index (κ2) is 11.6. The summed E-state index contributed by atoms with van der Waals surface area (Å²) >= 11 is 0. The van der Waals surface area contributed by atoms with Crippen molar-refractivity contribution in [3.63, 3.8) is 0 Å². The second-order valence-electron chi connectivity index (χ2n) is 8.47. The average Bonchev–Trinajstić information content (AvgIpc) is 2.77. The molecule has 0 unspecified atom stereocenters. The lowest BCUT2D eigenvalue weighted by Gasteiger charge is -2.34. The van der Waals surface area contributed by atoms with Gasteiger partial charge in [0.15, 0.2) is 11.6 Å². The molecule has 0 aromatic heterocycles. The highest BCUT2D eigenvalue weighted by atomic mass is 19.2. The van der Waals surface area contributed by atoms with E-state index in [2.05, 4.69) is 4.90 Å². The standard InChI is InChI=1S/C23H34F2N2O3/c1-26(23(28)30-20-11-12-21(24)22(25)17-20)18-7-9-19(10-8-18)29-16-6-5-15-27-13-3-2-4-14-27/h11-12,17-19H,2-10,13-16H2,1H3/t18-,19-. The van der Waals surface area contributed by atoms with Gasteiger partial charge in [-0.3, -0.25) is 0 Å². The molecular formula is C23H34F2N2O3. The van der Waals surface area contributed by atoms with Gasteiger partial charge in [-0.25, -0.2) is 13.6 Å². The number of ether oxygens (including phenoxy) is 2. The lowest BCUT2D eigenvalue weighted by atomic mass is 9.92. The van der Waals surface area contributed by atoms with Crippen LogP contribution in [-0.2, 0) is 4.74 Å². The van der Waals surface area contributed by atoms with Gasteiger partial charge in [-0.15, -0.1) is 0 Å². The summed E-state index contributed by atoms with van der Waals surface area (Å²) in [7, 11) is 1.69. The van der Waals surface area contributed by atoms with E-state index in [-0.39, 0.29) is 17.9 Å². The fraction of sp³-hybridized carbons (Fsp3) is 0.696. The molecule has 1 amide bonds. The number of amides is 1. The third-order valence-electron chi connectivity index (χ3n) is 6.25. The van der Waals surface area contributed by atoms with Crippen LogP contribution in [0, 0.1) is 11.6 Å². The van der Waals surface area contributed by atoms with Crippen molar-refractivity contribution < 1.29 is 23.0 Å². The lowest BCUT2D eigenvalue weighted by molar-refractivity contribution is 0.00980. The fourth-order valence-electron chi connectivity index (χ4n) is 4.33. The summed E-state index contributed by atoms with van der Waals surface area (Å²) in [6, 6.07) is 3.16. The molecule has 7 heteroatoms. The van der Waals surface area contributed by atoms with Gasteiger partial charge in [0.1, 0.15) is 5.75 Å². The summed E-state index contributed by atoms with van der Waals surface area (Å²) in [5.74, 6) is -1.99. The zero-order valence-corrected chi connectivity index (χ0v) is 18.0. The van der Waals surface area contributed by atoms with Gasteiger partial charge in [0.25, 0.3) is 0 Å². The molecule has 1 saturated carbocycles. The third-order valence-corrected chi connectivity index (χ3v) is 6.25. The van der Waals surface area contributed by atoms with Crippen molar-refractivity contribution in [2.24, 2.45) is 0 Å². The van der Waals surface area contributed by atoms with Gasteiger partial charge < -0.3 is 19.3 Å². The van der Waals surface area contributed by atoms with Crippen molar-refractivity contribution >= 4 is 6.09 Å². The molecule has 1 saturated heterocycles. The number of benzene rings is 1. The summed E-state index contributed by atoms with van der Waals surface area (Å²) in [6.45, 7) is 4.48. The molecule has 0 N–H and O–H groups in total. The summed E-state index contributed by atoms with van der Waals surface area (Å²) in [5.41, 5.74) is 0. The Bertz CT molecular complexity index is 674. The maximum absolute atomic E-state index is 13.3. The zero-order valence-electron chi connectivity index (χ0n) is 18.0. The lowest BCUT2D eigenvalue weighted by Crippen LogP contribution is -2.42. The summed E-state index contributed by atoms with van der Waals surface area (Å²) < 4.78 is 37.5. The van der Waals surface area contributed by atoms with Crippen LogP contribution in [-0.4, -0.2) is 61.3 Å². The maximum atomic E-state index is 13.3. The minimum Gasteiger partial charge on any atom is -0.410 e.